The van der Waals surface area contributed by atoms with Gasteiger partial charge in [0.15, 0.2) is 0 Å². The number of benzene rings is 2. The fraction of sp³-hybridized carbons (Fsp3) is 0.500. The van der Waals surface area contributed by atoms with Crippen molar-refractivity contribution in [3.05, 3.63) is 70.3 Å². The molecule has 0 saturated heterocycles. The van der Waals surface area contributed by atoms with Gasteiger partial charge in [-0.2, -0.15) is 0 Å². The molecule has 0 heterocycles. The van der Waals surface area contributed by atoms with Crippen molar-refractivity contribution < 1.29 is 24.0 Å². The molecule has 9 nitrogen and oxygen atoms in total. The first-order valence-corrected chi connectivity index (χ1v) is 13.9. The summed E-state index contributed by atoms with van der Waals surface area (Å²) in [6.07, 6.45) is 12.3. The molecule has 0 aliphatic rings. The summed E-state index contributed by atoms with van der Waals surface area (Å²) in [7, 11) is 0. The lowest BCUT2D eigenvalue weighted by Crippen LogP contribution is -2.48. The molecule has 212 valence electrons. The van der Waals surface area contributed by atoms with Crippen LogP contribution in [0.15, 0.2) is 54.6 Å². The molecule has 0 unspecified atom stereocenters. The van der Waals surface area contributed by atoms with Gasteiger partial charge in [-0.25, -0.2) is 4.79 Å². The van der Waals surface area contributed by atoms with Crippen LogP contribution in [-0.2, 0) is 20.8 Å². The maximum Gasteiger partial charge on any atom is 0.334 e. The van der Waals surface area contributed by atoms with E-state index in [0.29, 0.717) is 6.42 Å². The summed E-state index contributed by atoms with van der Waals surface area (Å²) in [5.74, 6) is -1.29. The zero-order valence-electron chi connectivity index (χ0n) is 22.9. The van der Waals surface area contributed by atoms with Gasteiger partial charge in [0.05, 0.1) is 11.5 Å². The fourth-order valence-electron chi connectivity index (χ4n) is 4.15. The highest BCUT2D eigenvalue weighted by molar-refractivity contribution is 5.89. The van der Waals surface area contributed by atoms with E-state index in [1.165, 1.54) is 69.2 Å². The third-order valence-corrected chi connectivity index (χ3v) is 6.37. The highest BCUT2D eigenvalue weighted by Gasteiger charge is 2.24. The van der Waals surface area contributed by atoms with Crippen molar-refractivity contribution in [3.8, 4) is 5.75 Å². The molecule has 2 rings (SSSR count). The van der Waals surface area contributed by atoms with Crippen molar-refractivity contribution in [2.75, 3.05) is 6.54 Å². The molecule has 2 aromatic rings. The predicted molar refractivity (Wildman–Crippen MR) is 150 cm³/mol. The molecule has 0 fully saturated rings. The van der Waals surface area contributed by atoms with Gasteiger partial charge in [0.1, 0.15) is 11.8 Å². The molecule has 0 saturated carbocycles. The van der Waals surface area contributed by atoms with Crippen LogP contribution in [-0.4, -0.2) is 35.3 Å². The minimum Gasteiger partial charge on any atom is -0.425 e. The number of nitrogens with zero attached hydrogens (tertiary/aromatic N) is 1. The number of carbonyl (C=O) groups excluding carboxylic acids is 3. The third-order valence-electron chi connectivity index (χ3n) is 6.37. The number of nitro benzene ring substituents is 1. The van der Waals surface area contributed by atoms with Crippen LogP contribution in [0.1, 0.15) is 83.1 Å². The molecule has 2 amide bonds. The molecule has 0 aromatic heterocycles. The maximum absolute atomic E-state index is 12.9. The van der Waals surface area contributed by atoms with E-state index in [9.17, 15) is 24.5 Å². The van der Waals surface area contributed by atoms with Crippen molar-refractivity contribution in [1.29, 1.82) is 0 Å². The first-order valence-electron chi connectivity index (χ1n) is 13.9. The van der Waals surface area contributed by atoms with Gasteiger partial charge < -0.3 is 15.4 Å². The Hall–Kier alpha value is -3.75. The van der Waals surface area contributed by atoms with Gasteiger partial charge >= 0.3 is 5.97 Å². The number of unbranched alkanes of at least 4 members (excludes halogenated alkanes) is 9. The lowest BCUT2D eigenvalue weighted by Gasteiger charge is -2.18. The van der Waals surface area contributed by atoms with Crippen LogP contribution in [0.2, 0.25) is 0 Å². The summed E-state index contributed by atoms with van der Waals surface area (Å²) in [5, 5.41) is 16.1. The zero-order valence-corrected chi connectivity index (χ0v) is 22.9. The SMILES string of the molecule is CCCCCCCCCCCCC(=O)NCC(=O)N[C@@H](Cc1ccccc1)C(=O)Oc1ccc([N+](=O)[O-])cc1. The summed E-state index contributed by atoms with van der Waals surface area (Å²) < 4.78 is 5.36. The summed E-state index contributed by atoms with van der Waals surface area (Å²) in [5.41, 5.74) is 0.686. The van der Waals surface area contributed by atoms with Crippen molar-refractivity contribution in [1.82, 2.24) is 10.6 Å². The molecule has 1 atom stereocenters. The second-order valence-corrected chi connectivity index (χ2v) is 9.69. The monoisotopic (exact) mass is 539 g/mol. The first-order chi connectivity index (χ1) is 18.9. The van der Waals surface area contributed by atoms with Crippen molar-refractivity contribution in [2.45, 2.75) is 90.0 Å². The lowest BCUT2D eigenvalue weighted by atomic mass is 10.1. The van der Waals surface area contributed by atoms with Gasteiger partial charge in [-0.15, -0.1) is 0 Å². The Balaban J connectivity index is 1.76. The Morgan fingerprint density at radius 3 is 2.00 bits per heavy atom. The molecular weight excluding hydrogens is 498 g/mol. The minimum atomic E-state index is -1.01. The van der Waals surface area contributed by atoms with Gasteiger partial charge in [-0.05, 0) is 24.1 Å². The van der Waals surface area contributed by atoms with E-state index in [4.69, 9.17) is 4.74 Å². The van der Waals surface area contributed by atoms with Crippen LogP contribution in [0, 0.1) is 10.1 Å². The van der Waals surface area contributed by atoms with Crippen LogP contribution < -0.4 is 15.4 Å². The molecule has 39 heavy (non-hydrogen) atoms. The van der Waals surface area contributed by atoms with E-state index in [1.807, 2.05) is 30.3 Å². The Morgan fingerprint density at radius 2 is 1.41 bits per heavy atom. The first kappa shape index (κ1) is 31.5. The van der Waals surface area contributed by atoms with E-state index < -0.39 is 22.8 Å². The number of amides is 2. The summed E-state index contributed by atoms with van der Waals surface area (Å²) >= 11 is 0. The third kappa shape index (κ3) is 13.6. The normalized spacial score (nSPS) is 11.4. The number of esters is 1. The van der Waals surface area contributed by atoms with Crippen molar-refractivity contribution in [2.24, 2.45) is 0 Å². The number of nitro groups is 1. The number of nitrogens with one attached hydrogen (secondary N) is 2. The Morgan fingerprint density at radius 1 is 0.821 bits per heavy atom. The Bertz CT molecular complexity index is 1030. The standard InChI is InChI=1S/C30H41N3O6/c1-2-3-4-5-6-7-8-9-10-14-17-28(34)31-23-29(35)32-27(22-24-15-12-11-13-16-24)30(36)39-26-20-18-25(19-21-26)33(37)38/h11-13,15-16,18-21,27H,2-10,14,17,22-23H2,1H3,(H,31,34)(H,32,35)/t27-/m0/s1. The molecule has 2 aromatic carbocycles. The minimum absolute atomic E-state index is 0.127. The number of hydrogen-bond donors (Lipinski definition) is 2. The topological polar surface area (TPSA) is 128 Å². The number of carbonyl (C=O) groups is 3. The smallest absolute Gasteiger partial charge is 0.334 e. The van der Waals surface area contributed by atoms with Gasteiger partial charge in [0.2, 0.25) is 11.8 Å². The summed E-state index contributed by atoms with van der Waals surface area (Å²) in [4.78, 5) is 47.9. The Labute approximate surface area is 230 Å². The van der Waals surface area contributed by atoms with Gasteiger partial charge in [-0.1, -0.05) is 95.0 Å². The van der Waals surface area contributed by atoms with Crippen LogP contribution in [0.3, 0.4) is 0 Å². The average molecular weight is 540 g/mol. The number of rotatable bonds is 19. The van der Waals surface area contributed by atoms with E-state index in [1.54, 1.807) is 0 Å². The molecule has 0 radical (unpaired) electrons. The molecule has 9 heteroatoms. The molecule has 0 spiro atoms. The van der Waals surface area contributed by atoms with E-state index in [0.717, 1.165) is 24.8 Å². The highest BCUT2D eigenvalue weighted by Crippen LogP contribution is 2.18. The van der Waals surface area contributed by atoms with E-state index >= 15 is 0 Å². The van der Waals surface area contributed by atoms with Gasteiger partial charge in [0, 0.05) is 25.0 Å². The van der Waals surface area contributed by atoms with Gasteiger partial charge in [-0.3, -0.25) is 19.7 Å². The summed E-state index contributed by atoms with van der Waals surface area (Å²) in [6.45, 7) is 1.97. The number of ether oxygens (including phenoxy) is 1. The van der Waals surface area contributed by atoms with Crippen molar-refractivity contribution in [3.63, 3.8) is 0 Å². The van der Waals surface area contributed by atoms with Crippen molar-refractivity contribution >= 4 is 23.5 Å². The molecule has 0 bridgehead atoms. The van der Waals surface area contributed by atoms with Gasteiger partial charge in [0.25, 0.3) is 5.69 Å². The second-order valence-electron chi connectivity index (χ2n) is 9.69. The fourth-order valence-corrected chi connectivity index (χ4v) is 4.15. The molecule has 0 aliphatic heterocycles. The van der Waals surface area contributed by atoms with Crippen LogP contribution >= 0.6 is 0 Å². The average Bonchev–Trinajstić information content (AvgIpc) is 2.93. The number of non-ortho nitro benzene ring substituents is 1. The van der Waals surface area contributed by atoms with Crippen LogP contribution in [0.4, 0.5) is 5.69 Å². The largest absolute Gasteiger partial charge is 0.425 e. The summed E-state index contributed by atoms with van der Waals surface area (Å²) in [6, 6.07) is 13.3. The zero-order chi connectivity index (χ0) is 28.3. The maximum atomic E-state index is 12.9. The predicted octanol–water partition coefficient (Wildman–Crippen LogP) is 5.65. The quantitative estimate of drug-likeness (QED) is 0.0780. The van der Waals surface area contributed by atoms with E-state index in [-0.39, 0.29) is 30.3 Å². The van der Waals surface area contributed by atoms with E-state index in [2.05, 4.69) is 17.6 Å². The lowest BCUT2D eigenvalue weighted by molar-refractivity contribution is -0.384. The molecular formula is C30H41N3O6. The van der Waals surface area contributed by atoms with Crippen LogP contribution in [0.5, 0.6) is 5.75 Å². The molecule has 0 aliphatic carbocycles. The number of hydrogen-bond acceptors (Lipinski definition) is 6. The highest BCUT2D eigenvalue weighted by atomic mass is 16.6. The Kier molecular flexibility index (Phi) is 14.9. The van der Waals surface area contributed by atoms with Crippen LogP contribution in [0.25, 0.3) is 0 Å². The molecule has 2 N–H and O–H groups in total. The second kappa shape index (κ2) is 18.5.